The second-order valence-corrected chi connectivity index (χ2v) is 10.1. The van der Waals surface area contributed by atoms with Crippen molar-refractivity contribution < 1.29 is 19.0 Å². The Morgan fingerprint density at radius 2 is 1.93 bits per heavy atom. The molecule has 4 aliphatic carbocycles. The molecule has 4 saturated carbocycles. The number of nitrogens with one attached hydrogen (secondary N) is 1. The summed E-state index contributed by atoms with van der Waals surface area (Å²) < 4.78 is 19.2. The summed E-state index contributed by atoms with van der Waals surface area (Å²) in [6, 6.07) is 4.55. The van der Waals surface area contributed by atoms with E-state index < -0.39 is 5.60 Å². The van der Waals surface area contributed by atoms with E-state index in [1.165, 1.54) is 18.6 Å². The van der Waals surface area contributed by atoms with Gasteiger partial charge in [0, 0.05) is 20.2 Å². The highest BCUT2D eigenvalue weighted by Crippen LogP contribution is 2.58. The number of rotatable bonds is 6. The molecule has 1 aromatic carbocycles. The van der Waals surface area contributed by atoms with Gasteiger partial charge in [-0.1, -0.05) is 6.07 Å². The van der Waals surface area contributed by atoms with E-state index in [0.29, 0.717) is 31.5 Å². The van der Waals surface area contributed by atoms with E-state index >= 15 is 0 Å². The third kappa shape index (κ3) is 3.47. The molecule has 5 aliphatic rings. The van der Waals surface area contributed by atoms with Crippen LogP contribution in [0.15, 0.2) is 18.2 Å². The first-order valence-electron chi connectivity index (χ1n) is 11.5. The van der Waals surface area contributed by atoms with E-state index in [4.69, 9.17) is 4.74 Å². The monoisotopic (exact) mass is 416 g/mol. The highest BCUT2D eigenvalue weighted by Gasteiger charge is 2.56. The standard InChI is InChI=1S/C24H33FN2O3/c1-30-13-22-21-11-20(25)3-2-17(21)4-5-27(22)23(28)12-26-14-24(29)18-7-15-6-16(9-18)10-19(24)8-15/h2-3,11,15-16,18-19,22,26,29H,4-10,12-14H2,1H3. The zero-order valence-corrected chi connectivity index (χ0v) is 17.8. The van der Waals surface area contributed by atoms with Gasteiger partial charge in [-0.25, -0.2) is 4.39 Å². The minimum Gasteiger partial charge on any atom is -0.388 e. The molecule has 1 amide bonds. The van der Waals surface area contributed by atoms with Crippen molar-refractivity contribution in [2.75, 3.05) is 33.4 Å². The van der Waals surface area contributed by atoms with E-state index in [1.54, 1.807) is 12.0 Å². The number of nitrogens with zero attached hydrogens (tertiary/aromatic N) is 1. The SMILES string of the molecule is COCC1c2cc(F)ccc2CCN1C(=O)CNCC1(O)C2CC3CC(C2)CC1C3. The van der Waals surface area contributed by atoms with E-state index in [2.05, 4.69) is 5.32 Å². The number of halogens is 1. The molecule has 0 radical (unpaired) electrons. The van der Waals surface area contributed by atoms with Crippen molar-refractivity contribution in [3.63, 3.8) is 0 Å². The molecule has 4 fully saturated rings. The zero-order chi connectivity index (χ0) is 20.9. The van der Waals surface area contributed by atoms with Crippen LogP contribution in [-0.4, -0.2) is 54.9 Å². The highest BCUT2D eigenvalue weighted by atomic mass is 19.1. The Balaban J connectivity index is 1.23. The van der Waals surface area contributed by atoms with Crippen LogP contribution in [0.3, 0.4) is 0 Å². The largest absolute Gasteiger partial charge is 0.388 e. The number of carbonyl (C=O) groups is 1. The number of amides is 1. The molecule has 4 bridgehead atoms. The Morgan fingerprint density at radius 1 is 1.23 bits per heavy atom. The predicted octanol–water partition coefficient (Wildman–Crippen LogP) is 2.67. The Kier molecular flexibility index (Phi) is 5.36. The summed E-state index contributed by atoms with van der Waals surface area (Å²) in [6.45, 7) is 1.63. The van der Waals surface area contributed by atoms with Crippen LogP contribution < -0.4 is 5.32 Å². The maximum absolute atomic E-state index is 13.8. The van der Waals surface area contributed by atoms with Crippen LogP contribution in [-0.2, 0) is 16.0 Å². The van der Waals surface area contributed by atoms with E-state index in [0.717, 1.165) is 55.1 Å². The van der Waals surface area contributed by atoms with Crippen LogP contribution in [0.1, 0.15) is 49.3 Å². The third-order valence-corrected chi connectivity index (χ3v) is 8.35. The summed E-state index contributed by atoms with van der Waals surface area (Å²) in [4.78, 5) is 14.9. The minimum absolute atomic E-state index is 0.0145. The zero-order valence-electron chi connectivity index (χ0n) is 17.8. The molecule has 1 aliphatic heterocycles. The fourth-order valence-corrected chi connectivity index (χ4v) is 7.06. The molecular weight excluding hydrogens is 383 g/mol. The number of methoxy groups -OCH3 is 1. The minimum atomic E-state index is -0.669. The summed E-state index contributed by atoms with van der Waals surface area (Å²) in [5.74, 6) is 2.06. The lowest BCUT2D eigenvalue weighted by Gasteiger charge is -2.59. The molecule has 6 heteroatoms. The smallest absolute Gasteiger partial charge is 0.237 e. The third-order valence-electron chi connectivity index (χ3n) is 8.35. The van der Waals surface area contributed by atoms with Gasteiger partial charge in [-0.15, -0.1) is 0 Å². The lowest BCUT2D eigenvalue weighted by atomic mass is 9.50. The molecule has 1 aromatic rings. The van der Waals surface area contributed by atoms with Crippen molar-refractivity contribution in [3.8, 4) is 0 Å². The molecular formula is C24H33FN2O3. The Bertz CT molecular complexity index is 786. The molecule has 5 nitrogen and oxygen atoms in total. The first-order chi connectivity index (χ1) is 14.5. The van der Waals surface area contributed by atoms with Gasteiger partial charge in [0.25, 0.3) is 0 Å². The summed E-state index contributed by atoms with van der Waals surface area (Å²) in [6.07, 6.45) is 6.64. The number of carbonyl (C=O) groups excluding carboxylic acids is 1. The number of aliphatic hydroxyl groups is 1. The lowest BCUT2D eigenvalue weighted by molar-refractivity contribution is -0.170. The van der Waals surface area contributed by atoms with Gasteiger partial charge in [-0.05, 0) is 85.5 Å². The molecule has 0 aromatic heterocycles. The summed E-state index contributed by atoms with van der Waals surface area (Å²) >= 11 is 0. The number of hydrogen-bond acceptors (Lipinski definition) is 4. The van der Waals surface area contributed by atoms with Crippen molar-refractivity contribution >= 4 is 5.91 Å². The van der Waals surface area contributed by atoms with Gasteiger partial charge in [0.15, 0.2) is 0 Å². The van der Waals surface area contributed by atoms with Gasteiger partial charge in [0.1, 0.15) is 5.82 Å². The summed E-state index contributed by atoms with van der Waals surface area (Å²) in [5, 5.41) is 14.8. The molecule has 0 spiro atoms. The normalized spacial score (nSPS) is 36.8. The van der Waals surface area contributed by atoms with Gasteiger partial charge in [0.2, 0.25) is 5.91 Å². The van der Waals surface area contributed by atoms with E-state index in [1.807, 2.05) is 6.07 Å². The topological polar surface area (TPSA) is 61.8 Å². The molecule has 30 heavy (non-hydrogen) atoms. The van der Waals surface area contributed by atoms with Gasteiger partial charge in [-0.2, -0.15) is 0 Å². The van der Waals surface area contributed by atoms with Crippen molar-refractivity contribution in [2.45, 2.75) is 50.2 Å². The average molecular weight is 417 g/mol. The van der Waals surface area contributed by atoms with Crippen molar-refractivity contribution in [3.05, 3.63) is 35.1 Å². The maximum Gasteiger partial charge on any atom is 0.237 e. The van der Waals surface area contributed by atoms with Crippen LogP contribution in [0.25, 0.3) is 0 Å². The van der Waals surface area contributed by atoms with Crippen LogP contribution in [0.4, 0.5) is 4.39 Å². The van der Waals surface area contributed by atoms with Crippen LogP contribution in [0.2, 0.25) is 0 Å². The predicted molar refractivity (Wildman–Crippen MR) is 111 cm³/mol. The molecule has 1 unspecified atom stereocenters. The first-order valence-corrected chi connectivity index (χ1v) is 11.5. The molecule has 6 rings (SSSR count). The van der Waals surface area contributed by atoms with E-state index in [-0.39, 0.29) is 24.3 Å². The molecule has 2 N–H and O–H groups in total. The van der Waals surface area contributed by atoms with Crippen molar-refractivity contribution in [2.24, 2.45) is 23.7 Å². The number of ether oxygens (including phenoxy) is 1. The lowest BCUT2D eigenvalue weighted by Crippen LogP contribution is -2.62. The molecule has 164 valence electrons. The summed E-state index contributed by atoms with van der Waals surface area (Å²) in [5.41, 5.74) is 1.26. The van der Waals surface area contributed by atoms with Gasteiger partial charge < -0.3 is 20.1 Å². The highest BCUT2D eigenvalue weighted by molar-refractivity contribution is 5.79. The fourth-order valence-electron chi connectivity index (χ4n) is 7.06. The van der Waals surface area contributed by atoms with Gasteiger partial charge in [-0.3, -0.25) is 4.79 Å². The van der Waals surface area contributed by atoms with Crippen LogP contribution >= 0.6 is 0 Å². The Morgan fingerprint density at radius 3 is 2.60 bits per heavy atom. The molecule has 1 heterocycles. The second kappa shape index (κ2) is 7.88. The average Bonchev–Trinajstić information content (AvgIpc) is 2.72. The summed E-state index contributed by atoms with van der Waals surface area (Å²) in [7, 11) is 1.61. The fraction of sp³-hybridized carbons (Fsp3) is 0.708. The Hall–Kier alpha value is -1.50. The van der Waals surface area contributed by atoms with Gasteiger partial charge in [0.05, 0.1) is 24.8 Å². The number of fused-ring (bicyclic) bond motifs is 1. The maximum atomic E-state index is 13.8. The second-order valence-electron chi connectivity index (χ2n) is 10.1. The Labute approximate surface area is 178 Å². The first kappa shape index (κ1) is 20.4. The van der Waals surface area contributed by atoms with Crippen molar-refractivity contribution in [1.82, 2.24) is 10.2 Å². The van der Waals surface area contributed by atoms with Crippen molar-refractivity contribution in [1.29, 1.82) is 0 Å². The number of benzene rings is 1. The number of hydrogen-bond donors (Lipinski definition) is 2. The van der Waals surface area contributed by atoms with Gasteiger partial charge >= 0.3 is 0 Å². The van der Waals surface area contributed by atoms with Crippen LogP contribution in [0, 0.1) is 29.5 Å². The van der Waals surface area contributed by atoms with E-state index in [9.17, 15) is 14.3 Å². The molecule has 1 atom stereocenters. The molecule has 0 saturated heterocycles. The quantitative estimate of drug-likeness (QED) is 0.749. The van der Waals surface area contributed by atoms with Crippen LogP contribution in [0.5, 0.6) is 0 Å².